The van der Waals surface area contributed by atoms with Crippen LogP contribution in [0.5, 0.6) is 0 Å². The average Bonchev–Trinajstić information content (AvgIpc) is 2.90. The first-order valence-corrected chi connectivity index (χ1v) is 16.3. The third-order valence-electron chi connectivity index (χ3n) is 6.95. The van der Waals surface area contributed by atoms with Crippen molar-refractivity contribution in [3.05, 3.63) is 42.5 Å². The number of nitrogens with one attached hydrogen (secondary N) is 3. The fourth-order valence-corrected chi connectivity index (χ4v) is 5.27. The summed E-state index contributed by atoms with van der Waals surface area (Å²) in [5.74, 6) is -0.165. The minimum Gasteiger partial charge on any atom is -0.339 e. The van der Waals surface area contributed by atoms with Gasteiger partial charge in [-0.15, -0.1) is 0 Å². The zero-order chi connectivity index (χ0) is 28.3. The fourth-order valence-electron chi connectivity index (χ4n) is 4.71. The SMILES string of the molecule is CCCCCCCCCCCCCCCCCC(=O)N[C@@H](NC(=S)Nc1cccc2ccccc12)C(Cl)(Cl)Cl. The predicted octanol–water partition coefficient (Wildman–Crippen LogP) is 10.2. The number of rotatable bonds is 19. The second-order valence-electron chi connectivity index (χ2n) is 10.4. The van der Waals surface area contributed by atoms with Gasteiger partial charge in [0, 0.05) is 17.5 Å². The highest BCUT2D eigenvalue weighted by Gasteiger charge is 2.34. The second kappa shape index (κ2) is 19.7. The van der Waals surface area contributed by atoms with Crippen LogP contribution in [0.3, 0.4) is 0 Å². The van der Waals surface area contributed by atoms with Gasteiger partial charge in [0.05, 0.1) is 0 Å². The van der Waals surface area contributed by atoms with E-state index >= 15 is 0 Å². The monoisotopic (exact) mass is 613 g/mol. The van der Waals surface area contributed by atoms with Crippen LogP contribution in [0.25, 0.3) is 10.8 Å². The number of alkyl halides is 3. The zero-order valence-corrected chi connectivity index (χ0v) is 26.5. The number of hydrogen-bond acceptors (Lipinski definition) is 2. The molecule has 0 aliphatic heterocycles. The summed E-state index contributed by atoms with van der Waals surface area (Å²) >= 11 is 23.9. The molecule has 0 unspecified atom stereocenters. The molecule has 4 nitrogen and oxygen atoms in total. The maximum Gasteiger partial charge on any atom is 0.228 e. The second-order valence-corrected chi connectivity index (χ2v) is 13.1. The minimum absolute atomic E-state index is 0.165. The Hall–Kier alpha value is -1.27. The van der Waals surface area contributed by atoms with E-state index in [9.17, 15) is 4.79 Å². The molecule has 0 aromatic heterocycles. The predicted molar refractivity (Wildman–Crippen MR) is 175 cm³/mol. The van der Waals surface area contributed by atoms with E-state index in [4.69, 9.17) is 47.0 Å². The molecule has 1 atom stereocenters. The number of carbonyl (C=O) groups is 1. The summed E-state index contributed by atoms with van der Waals surface area (Å²) < 4.78 is -1.77. The Kier molecular flexibility index (Phi) is 17.2. The highest BCUT2D eigenvalue weighted by Crippen LogP contribution is 2.29. The lowest BCUT2D eigenvalue weighted by atomic mass is 10.0. The third kappa shape index (κ3) is 14.8. The molecule has 2 aromatic rings. The van der Waals surface area contributed by atoms with Crippen LogP contribution in [-0.2, 0) is 4.79 Å². The van der Waals surface area contributed by atoms with E-state index in [0.717, 1.165) is 35.7 Å². The average molecular weight is 615 g/mol. The largest absolute Gasteiger partial charge is 0.339 e. The molecule has 0 saturated carbocycles. The van der Waals surface area contributed by atoms with E-state index in [0.29, 0.717) is 6.42 Å². The maximum absolute atomic E-state index is 12.6. The minimum atomic E-state index is -1.77. The molecule has 0 heterocycles. The van der Waals surface area contributed by atoms with E-state index in [-0.39, 0.29) is 11.0 Å². The number of benzene rings is 2. The van der Waals surface area contributed by atoms with Crippen molar-refractivity contribution in [3.8, 4) is 0 Å². The fraction of sp³-hybridized carbons (Fsp3) is 0.613. The molecule has 2 aromatic carbocycles. The van der Waals surface area contributed by atoms with Gasteiger partial charge in [0.15, 0.2) is 5.11 Å². The van der Waals surface area contributed by atoms with Crippen molar-refractivity contribution >= 4 is 74.5 Å². The number of carbonyl (C=O) groups excluding carboxylic acids is 1. The van der Waals surface area contributed by atoms with E-state index in [1.165, 1.54) is 77.0 Å². The van der Waals surface area contributed by atoms with Gasteiger partial charge in [0.1, 0.15) is 6.17 Å². The first-order valence-electron chi connectivity index (χ1n) is 14.7. The summed E-state index contributed by atoms with van der Waals surface area (Å²) in [4.78, 5) is 12.6. The van der Waals surface area contributed by atoms with Gasteiger partial charge >= 0.3 is 0 Å². The molecular weight excluding hydrogens is 569 g/mol. The molecule has 0 aliphatic rings. The van der Waals surface area contributed by atoms with Crippen molar-refractivity contribution in [1.82, 2.24) is 10.6 Å². The molecule has 0 fully saturated rings. The van der Waals surface area contributed by atoms with Gasteiger partial charge in [0.25, 0.3) is 0 Å². The van der Waals surface area contributed by atoms with Crippen LogP contribution in [0, 0.1) is 0 Å². The molecule has 218 valence electrons. The van der Waals surface area contributed by atoms with Crippen molar-refractivity contribution in [3.63, 3.8) is 0 Å². The summed E-state index contributed by atoms with van der Waals surface area (Å²) in [6, 6.07) is 13.9. The lowest BCUT2D eigenvalue weighted by Gasteiger charge is -2.28. The van der Waals surface area contributed by atoms with Gasteiger partial charge in [0.2, 0.25) is 9.70 Å². The number of halogens is 3. The van der Waals surface area contributed by atoms with Gasteiger partial charge in [-0.05, 0) is 30.1 Å². The van der Waals surface area contributed by atoms with Crippen LogP contribution in [0.4, 0.5) is 5.69 Å². The van der Waals surface area contributed by atoms with Crippen LogP contribution in [0.2, 0.25) is 0 Å². The van der Waals surface area contributed by atoms with Crippen molar-refractivity contribution < 1.29 is 4.79 Å². The summed E-state index contributed by atoms with van der Waals surface area (Å²) in [7, 11) is 0. The number of hydrogen-bond donors (Lipinski definition) is 3. The molecular formula is C31H46Cl3N3OS. The standard InChI is InChI=1S/C31H46Cl3N3OS/c1-2-3-4-5-6-7-8-9-10-11-12-13-14-15-16-24-28(38)36-29(31(32,33)34)37-30(39)35-27-23-19-21-25-20-17-18-22-26(25)27/h17-23,29H,2-16,24H2,1H3,(H,36,38)(H2,35,37,39)/t29-/m0/s1. The van der Waals surface area contributed by atoms with E-state index in [1.807, 2.05) is 42.5 Å². The number of fused-ring (bicyclic) bond motifs is 1. The molecule has 3 N–H and O–H groups in total. The van der Waals surface area contributed by atoms with Gasteiger partial charge in [-0.25, -0.2) is 0 Å². The molecule has 0 saturated heterocycles. The van der Waals surface area contributed by atoms with Crippen molar-refractivity contribution in [2.45, 2.75) is 120 Å². The van der Waals surface area contributed by atoms with Gasteiger partial charge in [-0.1, -0.05) is 168 Å². The third-order valence-corrected chi connectivity index (χ3v) is 7.83. The summed E-state index contributed by atoms with van der Waals surface area (Å²) in [6.45, 7) is 2.27. The molecule has 39 heavy (non-hydrogen) atoms. The van der Waals surface area contributed by atoms with Crippen LogP contribution in [0.15, 0.2) is 42.5 Å². The van der Waals surface area contributed by atoms with Gasteiger partial charge in [-0.2, -0.15) is 0 Å². The Balaban J connectivity index is 1.58. The Morgan fingerprint density at radius 2 is 1.26 bits per heavy atom. The topological polar surface area (TPSA) is 53.2 Å². The number of amides is 1. The summed E-state index contributed by atoms with van der Waals surface area (Å²) in [6.07, 6.45) is 18.7. The van der Waals surface area contributed by atoms with Crippen molar-refractivity contribution in [2.24, 2.45) is 0 Å². The normalized spacial score (nSPS) is 12.3. The number of unbranched alkanes of at least 4 members (excludes halogenated alkanes) is 14. The summed E-state index contributed by atoms with van der Waals surface area (Å²) in [5.41, 5.74) is 0.831. The smallest absolute Gasteiger partial charge is 0.228 e. The molecule has 1 amide bonds. The Labute approximate surface area is 256 Å². The first kappa shape index (κ1) is 33.9. The Morgan fingerprint density at radius 1 is 0.744 bits per heavy atom. The van der Waals surface area contributed by atoms with Gasteiger partial charge in [-0.3, -0.25) is 4.79 Å². The lowest BCUT2D eigenvalue weighted by molar-refractivity contribution is -0.122. The highest BCUT2D eigenvalue weighted by molar-refractivity contribution is 7.80. The van der Waals surface area contributed by atoms with Gasteiger partial charge < -0.3 is 16.0 Å². The van der Waals surface area contributed by atoms with Crippen LogP contribution >= 0.6 is 47.0 Å². The number of anilines is 1. The van der Waals surface area contributed by atoms with E-state index < -0.39 is 9.96 Å². The van der Waals surface area contributed by atoms with E-state index in [1.54, 1.807) is 0 Å². The quantitative estimate of drug-likeness (QED) is 0.0638. The maximum atomic E-state index is 12.6. The highest BCUT2D eigenvalue weighted by atomic mass is 35.6. The number of thiocarbonyl (C=S) groups is 1. The summed E-state index contributed by atoms with van der Waals surface area (Å²) in [5, 5.41) is 11.3. The molecule has 0 aliphatic carbocycles. The zero-order valence-electron chi connectivity index (χ0n) is 23.4. The molecule has 0 bridgehead atoms. The lowest BCUT2D eigenvalue weighted by Crippen LogP contribution is -2.56. The van der Waals surface area contributed by atoms with Crippen LogP contribution < -0.4 is 16.0 Å². The molecule has 0 radical (unpaired) electrons. The van der Waals surface area contributed by atoms with Crippen LogP contribution in [0.1, 0.15) is 110 Å². The molecule has 8 heteroatoms. The molecule has 2 rings (SSSR count). The van der Waals surface area contributed by atoms with Crippen LogP contribution in [-0.4, -0.2) is 21.0 Å². The van der Waals surface area contributed by atoms with E-state index in [2.05, 4.69) is 22.9 Å². The van der Waals surface area contributed by atoms with Crippen molar-refractivity contribution in [2.75, 3.05) is 5.32 Å². The molecule has 0 spiro atoms. The first-order chi connectivity index (χ1) is 18.8. The Morgan fingerprint density at radius 3 is 1.82 bits per heavy atom. The van der Waals surface area contributed by atoms with Crippen molar-refractivity contribution in [1.29, 1.82) is 0 Å². The Bertz CT molecular complexity index is 978.